The monoisotopic (exact) mass is 534 g/mol. The predicted octanol–water partition coefficient (Wildman–Crippen LogP) is 2.87. The second-order valence-electron chi connectivity index (χ2n) is 7.55. The highest BCUT2D eigenvalue weighted by molar-refractivity contribution is 14.0. The average Bonchev–Trinajstić information content (AvgIpc) is 2.44. The first kappa shape index (κ1) is 26.4. The smallest absolute Gasteiger partial charge is 0.209 e. The van der Waals surface area contributed by atoms with Gasteiger partial charge in [0, 0.05) is 36.1 Å². The maximum atomic E-state index is 13.3. The molecule has 1 rings (SSSR count). The molecular weight excluding hydrogens is 506 g/mol. The predicted molar refractivity (Wildman–Crippen MR) is 121 cm³/mol. The molecule has 3 N–H and O–H groups in total. The van der Waals surface area contributed by atoms with Crippen LogP contribution in [-0.4, -0.2) is 46.3 Å². The molecule has 6 nitrogen and oxygen atoms in total. The lowest BCUT2D eigenvalue weighted by Crippen LogP contribution is -2.53. The van der Waals surface area contributed by atoms with Crippen molar-refractivity contribution in [2.75, 3.05) is 26.4 Å². The van der Waals surface area contributed by atoms with Gasteiger partial charge in [-0.2, -0.15) is 0 Å². The maximum absolute atomic E-state index is 13.3. The summed E-state index contributed by atoms with van der Waals surface area (Å²) in [4.78, 5) is 4.15. The van der Waals surface area contributed by atoms with Gasteiger partial charge in [-0.3, -0.25) is 4.99 Å². The van der Waals surface area contributed by atoms with E-state index >= 15 is 0 Å². The van der Waals surface area contributed by atoms with Crippen molar-refractivity contribution in [1.82, 2.24) is 15.4 Å². The van der Waals surface area contributed by atoms with Gasteiger partial charge in [-0.25, -0.2) is 17.5 Å². The number of nitrogens with zero attached hydrogens (tertiary/aromatic N) is 1. The lowest BCUT2D eigenvalue weighted by Gasteiger charge is -2.29. The van der Waals surface area contributed by atoms with Crippen molar-refractivity contribution in [3.8, 4) is 0 Å². The van der Waals surface area contributed by atoms with Crippen LogP contribution >= 0.6 is 35.6 Å². The van der Waals surface area contributed by atoms with E-state index in [9.17, 15) is 12.8 Å². The third-order valence-electron chi connectivity index (χ3n) is 3.74. The number of hydrogen-bond acceptors (Lipinski definition) is 3. The van der Waals surface area contributed by atoms with Gasteiger partial charge < -0.3 is 10.6 Å². The summed E-state index contributed by atoms with van der Waals surface area (Å²) in [5.41, 5.74) is -0.230. The molecule has 0 radical (unpaired) electrons. The number of benzene rings is 1. The molecule has 0 saturated carbocycles. The highest BCUT2D eigenvalue weighted by Crippen LogP contribution is 2.29. The molecule has 1 aromatic carbocycles. The van der Waals surface area contributed by atoms with Crippen LogP contribution in [0.3, 0.4) is 0 Å². The van der Waals surface area contributed by atoms with Crippen LogP contribution in [0, 0.1) is 5.82 Å². The highest BCUT2D eigenvalue weighted by Gasteiger charge is 2.25. The Hall–Kier alpha value is -0.650. The van der Waals surface area contributed by atoms with Gasteiger partial charge in [-0.05, 0) is 31.5 Å². The van der Waals surface area contributed by atoms with E-state index in [2.05, 4.69) is 20.3 Å². The van der Waals surface area contributed by atoms with Crippen LogP contribution in [-0.2, 0) is 15.4 Å². The van der Waals surface area contributed by atoms with Crippen molar-refractivity contribution in [3.63, 3.8) is 0 Å². The Morgan fingerprint density at radius 2 is 1.74 bits per heavy atom. The molecule has 0 heterocycles. The molecule has 0 aliphatic carbocycles. The zero-order chi connectivity index (χ0) is 20.2. The number of aliphatic imine (C=N–C) groups is 1. The van der Waals surface area contributed by atoms with E-state index in [0.717, 1.165) is 11.8 Å². The zero-order valence-electron chi connectivity index (χ0n) is 16.5. The summed E-state index contributed by atoms with van der Waals surface area (Å²) in [5, 5.41) is 6.67. The van der Waals surface area contributed by atoms with E-state index in [0.29, 0.717) is 24.1 Å². The van der Waals surface area contributed by atoms with E-state index in [4.69, 9.17) is 11.6 Å². The fraction of sp³-hybridized carbons (Fsp3) is 0.588. The van der Waals surface area contributed by atoms with Gasteiger partial charge in [-0.15, -0.1) is 24.0 Å². The van der Waals surface area contributed by atoms with Crippen LogP contribution in [0.15, 0.2) is 23.2 Å². The average molecular weight is 535 g/mol. The second kappa shape index (κ2) is 10.2. The number of halogens is 3. The van der Waals surface area contributed by atoms with Crippen LogP contribution in [0.5, 0.6) is 0 Å². The number of sulfonamides is 1. The Morgan fingerprint density at radius 3 is 2.22 bits per heavy atom. The standard InChI is InChI=1S/C17H28ClFN4O2S.HI/c1-16(2,13-8-7-12(19)9-14(13)18)10-21-15(20-5)22-11-17(3,4)23-26(6,24)25;/h7-9,23H,10-11H2,1-6H3,(H2,20,21,22);1H. The zero-order valence-corrected chi connectivity index (χ0v) is 20.4. The Morgan fingerprint density at radius 1 is 1.19 bits per heavy atom. The Kier molecular flexibility index (Phi) is 9.97. The molecule has 0 aromatic heterocycles. The summed E-state index contributed by atoms with van der Waals surface area (Å²) in [6, 6.07) is 4.36. The molecule has 1 aromatic rings. The molecule has 0 bridgehead atoms. The van der Waals surface area contributed by atoms with E-state index < -0.39 is 15.6 Å². The first-order chi connectivity index (χ1) is 11.8. The Balaban J connectivity index is 0.00000676. The molecule has 0 saturated heterocycles. The van der Waals surface area contributed by atoms with Gasteiger partial charge in [0.05, 0.1) is 6.26 Å². The fourth-order valence-corrected chi connectivity index (χ4v) is 4.00. The summed E-state index contributed by atoms with van der Waals surface area (Å²) >= 11 is 6.17. The molecule has 0 aliphatic heterocycles. The van der Waals surface area contributed by atoms with Crippen LogP contribution in [0.1, 0.15) is 33.3 Å². The van der Waals surface area contributed by atoms with Crippen LogP contribution in [0.4, 0.5) is 4.39 Å². The maximum Gasteiger partial charge on any atom is 0.209 e. The van der Waals surface area contributed by atoms with Crippen molar-refractivity contribution >= 4 is 51.6 Å². The molecule has 27 heavy (non-hydrogen) atoms. The summed E-state index contributed by atoms with van der Waals surface area (Å²) in [7, 11) is -1.68. The van der Waals surface area contributed by atoms with Crippen LogP contribution in [0.25, 0.3) is 0 Å². The molecular formula is C17H29ClFIN4O2S. The third-order valence-corrected chi connectivity index (χ3v) is 4.98. The largest absolute Gasteiger partial charge is 0.356 e. The second-order valence-corrected chi connectivity index (χ2v) is 9.70. The number of hydrogen-bond donors (Lipinski definition) is 3. The van der Waals surface area contributed by atoms with Gasteiger partial charge in [0.2, 0.25) is 10.0 Å². The molecule has 0 fully saturated rings. The van der Waals surface area contributed by atoms with Gasteiger partial charge >= 0.3 is 0 Å². The van der Waals surface area contributed by atoms with Gasteiger partial charge in [0.25, 0.3) is 0 Å². The van der Waals surface area contributed by atoms with Gasteiger partial charge in [-0.1, -0.05) is 31.5 Å². The number of nitrogens with one attached hydrogen (secondary N) is 3. The van der Waals surface area contributed by atoms with Crippen LogP contribution < -0.4 is 15.4 Å². The van der Waals surface area contributed by atoms with Crippen molar-refractivity contribution in [1.29, 1.82) is 0 Å². The first-order valence-corrected chi connectivity index (χ1v) is 10.4. The topological polar surface area (TPSA) is 82.6 Å². The van der Waals surface area contributed by atoms with Gasteiger partial charge in [0.1, 0.15) is 5.82 Å². The first-order valence-electron chi connectivity index (χ1n) is 8.15. The Bertz CT molecular complexity index is 770. The Labute approximate surface area is 183 Å². The normalized spacial score (nSPS) is 13.1. The minimum absolute atomic E-state index is 0. The molecule has 0 aliphatic rings. The van der Waals surface area contributed by atoms with E-state index in [1.165, 1.54) is 12.1 Å². The van der Waals surface area contributed by atoms with Crippen molar-refractivity contribution in [2.24, 2.45) is 4.99 Å². The summed E-state index contributed by atoms with van der Waals surface area (Å²) in [6.45, 7) is 8.37. The molecule has 0 amide bonds. The summed E-state index contributed by atoms with van der Waals surface area (Å²) in [5.74, 6) is 0.153. The van der Waals surface area contributed by atoms with Gasteiger partial charge in [0.15, 0.2) is 5.96 Å². The van der Waals surface area contributed by atoms with E-state index in [-0.39, 0.29) is 35.2 Å². The molecule has 10 heteroatoms. The summed E-state index contributed by atoms with van der Waals surface area (Å²) in [6.07, 6.45) is 1.12. The molecule has 0 spiro atoms. The quantitative estimate of drug-likeness (QED) is 0.285. The SMILES string of the molecule is CN=C(NCC(C)(C)NS(C)(=O)=O)NCC(C)(C)c1ccc(F)cc1Cl.I. The minimum atomic E-state index is -3.31. The van der Waals surface area contributed by atoms with Crippen molar-refractivity contribution < 1.29 is 12.8 Å². The molecule has 0 unspecified atom stereocenters. The lowest BCUT2D eigenvalue weighted by molar-refractivity contribution is 0.443. The van der Waals surface area contributed by atoms with Crippen molar-refractivity contribution in [2.45, 2.75) is 38.6 Å². The van der Waals surface area contributed by atoms with E-state index in [1.54, 1.807) is 27.0 Å². The minimum Gasteiger partial charge on any atom is -0.356 e. The fourth-order valence-electron chi connectivity index (χ4n) is 2.50. The van der Waals surface area contributed by atoms with Crippen molar-refractivity contribution in [3.05, 3.63) is 34.6 Å². The summed E-state index contributed by atoms with van der Waals surface area (Å²) < 4.78 is 38.6. The lowest BCUT2D eigenvalue weighted by atomic mass is 9.84. The number of guanidine groups is 1. The number of rotatable bonds is 7. The molecule has 0 atom stereocenters. The third kappa shape index (κ3) is 9.40. The van der Waals surface area contributed by atoms with Crippen LogP contribution in [0.2, 0.25) is 5.02 Å². The molecule has 156 valence electrons. The van der Waals surface area contributed by atoms with E-state index in [1.807, 2.05) is 13.8 Å². The highest BCUT2D eigenvalue weighted by atomic mass is 127.